The number of benzene rings is 2. The molecule has 11 nitrogen and oxygen atoms in total. The van der Waals surface area contributed by atoms with Crippen LogP contribution in [0.3, 0.4) is 0 Å². The van der Waals surface area contributed by atoms with Gasteiger partial charge >= 0.3 is 5.97 Å². The molecule has 0 unspecified atom stereocenters. The van der Waals surface area contributed by atoms with Crippen LogP contribution in [0.5, 0.6) is 0 Å². The van der Waals surface area contributed by atoms with E-state index in [-0.39, 0.29) is 37.7 Å². The van der Waals surface area contributed by atoms with Crippen molar-refractivity contribution < 1.29 is 32.7 Å². The minimum atomic E-state index is -3.50. The van der Waals surface area contributed by atoms with Gasteiger partial charge in [-0.05, 0) is 35.1 Å². The van der Waals surface area contributed by atoms with Crippen molar-refractivity contribution in [2.24, 2.45) is 5.92 Å². The van der Waals surface area contributed by atoms with E-state index in [4.69, 9.17) is 4.84 Å². The Morgan fingerprint density at radius 3 is 2.51 bits per heavy atom. The van der Waals surface area contributed by atoms with Crippen molar-refractivity contribution in [1.29, 1.82) is 0 Å². The Balaban J connectivity index is 1.77. The lowest BCUT2D eigenvalue weighted by Crippen LogP contribution is -2.50. The van der Waals surface area contributed by atoms with E-state index in [0.717, 1.165) is 27.7 Å². The number of nitrogens with zero attached hydrogens (tertiary/aromatic N) is 2. The highest BCUT2D eigenvalue weighted by Crippen LogP contribution is 2.19. The van der Waals surface area contributed by atoms with E-state index in [1.54, 1.807) is 6.20 Å². The number of imidazole rings is 1. The minimum absolute atomic E-state index is 0.0544. The maximum absolute atomic E-state index is 13.4. The van der Waals surface area contributed by atoms with Crippen molar-refractivity contribution in [3.63, 3.8) is 0 Å². The van der Waals surface area contributed by atoms with Gasteiger partial charge in [-0.2, -0.15) is 0 Å². The number of carbonyl (C=O) groups excluding carboxylic acids is 2. The SMILES string of the molecule is CC[C@H](C)[C@@H](CON(C(=O)CCc1ccc2ccccc2c1)[C@@H](CCS(C)(=O)=O)C(=O)O)NC(=O)Cc1cnc[nH]1. The molecule has 0 fully saturated rings. The molecular weight excluding hydrogens is 548 g/mol. The Labute approximate surface area is 240 Å². The van der Waals surface area contributed by atoms with E-state index < -0.39 is 39.6 Å². The van der Waals surface area contributed by atoms with Gasteiger partial charge in [0.15, 0.2) is 6.04 Å². The number of carboxylic acids is 1. The molecule has 0 spiro atoms. The van der Waals surface area contributed by atoms with E-state index in [9.17, 15) is 27.9 Å². The second-order valence-corrected chi connectivity index (χ2v) is 12.5. The van der Waals surface area contributed by atoms with Crippen LogP contribution in [0.15, 0.2) is 55.0 Å². The summed E-state index contributed by atoms with van der Waals surface area (Å²) in [5, 5.41) is 15.7. The third-order valence-corrected chi connectivity index (χ3v) is 7.97. The predicted molar refractivity (Wildman–Crippen MR) is 154 cm³/mol. The Kier molecular flexibility index (Phi) is 11.4. The third-order valence-electron chi connectivity index (χ3n) is 6.99. The number of aromatic nitrogens is 2. The number of nitrogens with one attached hydrogen (secondary N) is 2. The van der Waals surface area contributed by atoms with Crippen molar-refractivity contribution in [2.45, 2.75) is 58.0 Å². The number of H-pyrrole nitrogens is 1. The van der Waals surface area contributed by atoms with Crippen LogP contribution in [0.1, 0.15) is 44.4 Å². The van der Waals surface area contributed by atoms with E-state index in [1.807, 2.05) is 56.3 Å². The van der Waals surface area contributed by atoms with Gasteiger partial charge in [-0.3, -0.25) is 14.4 Å². The molecule has 3 aromatic rings. The van der Waals surface area contributed by atoms with Gasteiger partial charge < -0.3 is 15.4 Å². The molecule has 222 valence electrons. The zero-order valence-corrected chi connectivity index (χ0v) is 24.4. The first-order valence-electron chi connectivity index (χ1n) is 13.6. The average molecular weight is 587 g/mol. The standard InChI is InChI=1S/C29H38N4O7S/c1-4-20(2)25(32-27(34)16-24-17-30-19-31-24)18-40-33(26(29(36)37)13-14-41(3,38)39)28(35)12-10-21-9-11-22-7-5-6-8-23(22)15-21/h5-9,11,15,17,19-20,25-26H,4,10,12-14,16,18H2,1-3H3,(H,30,31)(H,32,34)(H,36,37)/t20-,25+,26-/m0/s1. The number of fused-ring (bicyclic) bond motifs is 1. The van der Waals surface area contributed by atoms with Gasteiger partial charge in [0, 0.05) is 24.6 Å². The Hall–Kier alpha value is -3.77. The molecule has 41 heavy (non-hydrogen) atoms. The highest BCUT2D eigenvalue weighted by atomic mass is 32.2. The van der Waals surface area contributed by atoms with Crippen molar-refractivity contribution in [2.75, 3.05) is 18.6 Å². The quantitative estimate of drug-likeness (QED) is 0.216. The number of hydrogen-bond acceptors (Lipinski definition) is 7. The van der Waals surface area contributed by atoms with Crippen molar-refractivity contribution in [1.82, 2.24) is 20.3 Å². The van der Waals surface area contributed by atoms with Crippen molar-refractivity contribution >= 4 is 38.4 Å². The highest BCUT2D eigenvalue weighted by Gasteiger charge is 2.33. The van der Waals surface area contributed by atoms with E-state index >= 15 is 0 Å². The van der Waals surface area contributed by atoms with Crippen LogP contribution >= 0.6 is 0 Å². The lowest BCUT2D eigenvalue weighted by molar-refractivity contribution is -0.210. The summed E-state index contributed by atoms with van der Waals surface area (Å²) in [7, 11) is -3.50. The van der Waals surface area contributed by atoms with Crippen LogP contribution < -0.4 is 5.32 Å². The summed E-state index contributed by atoms with van der Waals surface area (Å²) in [5.41, 5.74) is 1.52. The minimum Gasteiger partial charge on any atom is -0.480 e. The molecule has 0 bridgehead atoms. The highest BCUT2D eigenvalue weighted by molar-refractivity contribution is 7.90. The van der Waals surface area contributed by atoms with Gasteiger partial charge in [0.05, 0.1) is 31.1 Å². The molecule has 0 radical (unpaired) electrons. The van der Waals surface area contributed by atoms with Gasteiger partial charge in [0.1, 0.15) is 9.84 Å². The number of aliphatic carboxylic acids is 1. The molecule has 0 saturated carbocycles. The van der Waals surface area contributed by atoms with Crippen LogP contribution in [0.25, 0.3) is 10.8 Å². The number of hydrogen-bond donors (Lipinski definition) is 3. The van der Waals surface area contributed by atoms with Crippen LogP contribution in [0.2, 0.25) is 0 Å². The predicted octanol–water partition coefficient (Wildman–Crippen LogP) is 2.92. The topological polar surface area (TPSA) is 159 Å². The zero-order chi connectivity index (χ0) is 30.0. The fourth-order valence-electron chi connectivity index (χ4n) is 4.36. The van der Waals surface area contributed by atoms with Crippen molar-refractivity contribution in [3.05, 3.63) is 66.2 Å². The van der Waals surface area contributed by atoms with Gasteiger partial charge in [-0.25, -0.2) is 23.3 Å². The van der Waals surface area contributed by atoms with Gasteiger partial charge in [0.2, 0.25) is 11.8 Å². The maximum atomic E-state index is 13.4. The van der Waals surface area contributed by atoms with Crippen LogP contribution in [-0.2, 0) is 41.9 Å². The smallest absolute Gasteiger partial charge is 0.329 e. The van der Waals surface area contributed by atoms with Gasteiger partial charge in [-0.15, -0.1) is 0 Å². The Morgan fingerprint density at radius 2 is 1.88 bits per heavy atom. The number of hydroxylamine groups is 2. The van der Waals surface area contributed by atoms with E-state index in [0.29, 0.717) is 18.5 Å². The molecule has 3 rings (SSSR count). The number of sulfone groups is 1. The molecule has 0 aliphatic rings. The Morgan fingerprint density at radius 1 is 1.15 bits per heavy atom. The molecule has 1 heterocycles. The number of carboxylic acid groups (broad SMARTS) is 1. The lowest BCUT2D eigenvalue weighted by atomic mass is 9.99. The first-order valence-corrected chi connectivity index (χ1v) is 15.6. The molecular formula is C29H38N4O7S. The van der Waals surface area contributed by atoms with Gasteiger partial charge in [0.25, 0.3) is 0 Å². The summed E-state index contributed by atoms with van der Waals surface area (Å²) in [4.78, 5) is 50.9. The van der Waals surface area contributed by atoms with E-state index in [1.165, 1.54) is 6.33 Å². The zero-order valence-electron chi connectivity index (χ0n) is 23.6. The van der Waals surface area contributed by atoms with Gasteiger partial charge in [-0.1, -0.05) is 62.7 Å². The molecule has 3 atom stereocenters. The average Bonchev–Trinajstić information content (AvgIpc) is 3.44. The molecule has 0 aliphatic heterocycles. The fourth-order valence-corrected chi connectivity index (χ4v) is 5.02. The Bertz CT molecular complexity index is 1430. The number of aromatic amines is 1. The molecule has 2 amide bonds. The first-order chi connectivity index (χ1) is 19.5. The molecule has 1 aromatic heterocycles. The summed E-state index contributed by atoms with van der Waals surface area (Å²) in [6, 6.07) is 11.6. The fraction of sp³-hybridized carbons (Fsp3) is 0.448. The normalized spacial score (nSPS) is 13.8. The second kappa shape index (κ2) is 14.7. The summed E-state index contributed by atoms with van der Waals surface area (Å²) in [5.74, 6) is -2.75. The summed E-state index contributed by atoms with van der Waals surface area (Å²) < 4.78 is 23.6. The number of rotatable bonds is 16. The maximum Gasteiger partial charge on any atom is 0.329 e. The van der Waals surface area contributed by atoms with E-state index in [2.05, 4.69) is 15.3 Å². The third kappa shape index (κ3) is 9.98. The summed E-state index contributed by atoms with van der Waals surface area (Å²) in [6.07, 6.45) is 4.71. The largest absolute Gasteiger partial charge is 0.480 e. The summed E-state index contributed by atoms with van der Waals surface area (Å²) in [6.45, 7) is 3.68. The second-order valence-electron chi connectivity index (χ2n) is 10.3. The molecule has 2 aromatic carbocycles. The first kappa shape index (κ1) is 31.8. The number of aryl methyl sites for hydroxylation is 1. The molecule has 3 N–H and O–H groups in total. The van der Waals surface area contributed by atoms with Crippen molar-refractivity contribution in [3.8, 4) is 0 Å². The molecule has 0 aliphatic carbocycles. The number of amides is 2. The monoisotopic (exact) mass is 586 g/mol. The molecule has 12 heteroatoms. The lowest BCUT2D eigenvalue weighted by Gasteiger charge is -2.31. The van der Waals surface area contributed by atoms with Crippen LogP contribution in [0, 0.1) is 5.92 Å². The molecule has 0 saturated heterocycles. The van der Waals surface area contributed by atoms with Crippen LogP contribution in [0.4, 0.5) is 0 Å². The number of carbonyl (C=O) groups is 3. The summed E-state index contributed by atoms with van der Waals surface area (Å²) >= 11 is 0. The van der Waals surface area contributed by atoms with Crippen LogP contribution in [-0.4, -0.2) is 77.0 Å².